The number of amides is 2. The van der Waals surface area contributed by atoms with Gasteiger partial charge >= 0.3 is 0 Å². The highest BCUT2D eigenvalue weighted by atomic mass is 16.2. The lowest BCUT2D eigenvalue weighted by Crippen LogP contribution is -2.45. The number of benzene rings is 2. The van der Waals surface area contributed by atoms with E-state index in [0.29, 0.717) is 16.9 Å². The van der Waals surface area contributed by atoms with Gasteiger partial charge in [0.05, 0.1) is 11.4 Å². The van der Waals surface area contributed by atoms with Gasteiger partial charge in [-0.2, -0.15) is 0 Å². The van der Waals surface area contributed by atoms with Crippen LogP contribution in [0.1, 0.15) is 27.9 Å². The van der Waals surface area contributed by atoms with Gasteiger partial charge in [0, 0.05) is 5.56 Å². The SMILES string of the molecule is O=C1CN(C(=O)C(=O)c2ccc3c(c2)CCC3)c2ccccc2N1. The monoisotopic (exact) mass is 320 g/mol. The second-order valence-electron chi connectivity index (χ2n) is 6.12. The normalized spacial score (nSPS) is 15.5. The summed E-state index contributed by atoms with van der Waals surface area (Å²) in [5.74, 6) is -1.55. The topological polar surface area (TPSA) is 66.5 Å². The zero-order chi connectivity index (χ0) is 16.7. The fraction of sp³-hybridized carbons (Fsp3) is 0.211. The number of anilines is 2. The van der Waals surface area contributed by atoms with Gasteiger partial charge in [-0.05, 0) is 48.6 Å². The van der Waals surface area contributed by atoms with Crippen LogP contribution >= 0.6 is 0 Å². The summed E-state index contributed by atoms with van der Waals surface area (Å²) >= 11 is 0. The number of carbonyl (C=O) groups excluding carboxylic acids is 3. The molecule has 120 valence electrons. The lowest BCUT2D eigenvalue weighted by molar-refractivity contribution is -0.119. The van der Waals surface area contributed by atoms with Crippen LogP contribution in [-0.2, 0) is 22.4 Å². The summed E-state index contributed by atoms with van der Waals surface area (Å²) in [5.41, 5.74) is 3.89. The highest BCUT2D eigenvalue weighted by molar-refractivity contribution is 6.48. The molecule has 1 N–H and O–H groups in total. The molecule has 1 aliphatic heterocycles. The minimum Gasteiger partial charge on any atom is -0.323 e. The molecule has 0 spiro atoms. The predicted octanol–water partition coefficient (Wildman–Crippen LogP) is 2.34. The van der Waals surface area contributed by atoms with Crippen LogP contribution in [0.3, 0.4) is 0 Å². The van der Waals surface area contributed by atoms with Crippen LogP contribution < -0.4 is 10.2 Å². The molecule has 2 amide bonds. The molecule has 5 nitrogen and oxygen atoms in total. The number of aryl methyl sites for hydroxylation is 2. The molecule has 0 bridgehead atoms. The molecule has 0 saturated heterocycles. The Kier molecular flexibility index (Phi) is 3.41. The Morgan fingerprint density at radius 1 is 1.00 bits per heavy atom. The Bertz CT molecular complexity index is 873. The minimum atomic E-state index is -0.671. The molecule has 0 radical (unpaired) electrons. The molecule has 0 fully saturated rings. The molecule has 5 heteroatoms. The molecule has 24 heavy (non-hydrogen) atoms. The van der Waals surface area contributed by atoms with Gasteiger partial charge in [-0.25, -0.2) is 0 Å². The predicted molar refractivity (Wildman–Crippen MR) is 90.2 cm³/mol. The number of Topliss-reactive ketones (excluding diaryl/α,β-unsaturated/α-hetero) is 1. The highest BCUT2D eigenvalue weighted by Gasteiger charge is 2.31. The third-order valence-corrected chi connectivity index (χ3v) is 4.57. The summed E-state index contributed by atoms with van der Waals surface area (Å²) in [6.45, 7) is -0.146. The number of nitrogens with zero attached hydrogens (tertiary/aromatic N) is 1. The Hall–Kier alpha value is -2.95. The van der Waals surface area contributed by atoms with E-state index in [0.717, 1.165) is 24.8 Å². The number of hydrogen-bond donors (Lipinski definition) is 1. The van der Waals surface area contributed by atoms with Crippen molar-refractivity contribution in [1.82, 2.24) is 0 Å². The Balaban J connectivity index is 1.66. The number of rotatable bonds is 2. The molecule has 2 aromatic carbocycles. The van der Waals surface area contributed by atoms with Gasteiger partial charge in [0.25, 0.3) is 11.7 Å². The van der Waals surface area contributed by atoms with E-state index in [1.165, 1.54) is 10.5 Å². The Morgan fingerprint density at radius 3 is 2.67 bits per heavy atom. The fourth-order valence-electron chi connectivity index (χ4n) is 3.37. The number of carbonyl (C=O) groups is 3. The van der Waals surface area contributed by atoms with E-state index >= 15 is 0 Å². The maximum Gasteiger partial charge on any atom is 0.299 e. The van der Waals surface area contributed by atoms with Crippen molar-refractivity contribution >= 4 is 29.0 Å². The van der Waals surface area contributed by atoms with Crippen LogP contribution in [0.25, 0.3) is 0 Å². The van der Waals surface area contributed by atoms with Crippen LogP contribution in [0.15, 0.2) is 42.5 Å². The van der Waals surface area contributed by atoms with E-state index in [4.69, 9.17) is 0 Å². The van der Waals surface area contributed by atoms with Crippen molar-refractivity contribution in [1.29, 1.82) is 0 Å². The smallest absolute Gasteiger partial charge is 0.299 e. The summed E-state index contributed by atoms with van der Waals surface area (Å²) in [6.07, 6.45) is 3.05. The van der Waals surface area contributed by atoms with Crippen LogP contribution in [0.5, 0.6) is 0 Å². The maximum atomic E-state index is 12.7. The molecule has 1 aliphatic carbocycles. The van der Waals surface area contributed by atoms with Crippen LogP contribution in [0.4, 0.5) is 11.4 Å². The Labute approximate surface area is 139 Å². The van der Waals surface area contributed by atoms with Gasteiger partial charge in [-0.3, -0.25) is 19.3 Å². The van der Waals surface area contributed by atoms with Crippen molar-refractivity contribution in [3.8, 4) is 0 Å². The first kappa shape index (κ1) is 14.6. The summed E-state index contributed by atoms with van der Waals surface area (Å²) in [6, 6.07) is 12.4. The first-order valence-electron chi connectivity index (χ1n) is 8.00. The second kappa shape index (κ2) is 5.60. The number of nitrogens with one attached hydrogen (secondary N) is 1. The van der Waals surface area contributed by atoms with Gasteiger partial charge in [0.2, 0.25) is 5.91 Å². The maximum absolute atomic E-state index is 12.7. The summed E-state index contributed by atoms with van der Waals surface area (Å²) in [7, 11) is 0. The van der Waals surface area contributed by atoms with Crippen molar-refractivity contribution in [2.24, 2.45) is 0 Å². The van der Waals surface area contributed by atoms with E-state index in [2.05, 4.69) is 5.32 Å². The first-order valence-corrected chi connectivity index (χ1v) is 8.00. The number of fused-ring (bicyclic) bond motifs is 2. The lowest BCUT2D eigenvalue weighted by Gasteiger charge is -2.28. The van der Waals surface area contributed by atoms with Gasteiger partial charge in [0.15, 0.2) is 0 Å². The molecular formula is C19H16N2O3. The van der Waals surface area contributed by atoms with E-state index in [1.54, 1.807) is 30.3 Å². The molecular weight excluding hydrogens is 304 g/mol. The highest BCUT2D eigenvalue weighted by Crippen LogP contribution is 2.30. The van der Waals surface area contributed by atoms with Crippen molar-refractivity contribution in [2.75, 3.05) is 16.8 Å². The molecule has 0 aromatic heterocycles. The number of ketones is 1. The van der Waals surface area contributed by atoms with Crippen LogP contribution in [-0.4, -0.2) is 24.1 Å². The minimum absolute atomic E-state index is 0.146. The van der Waals surface area contributed by atoms with E-state index < -0.39 is 11.7 Å². The standard InChI is InChI=1S/C19H16N2O3/c22-17-11-21(16-7-2-1-6-15(16)20-17)19(24)18(23)14-9-8-12-4-3-5-13(12)10-14/h1-2,6-10H,3-5,11H2,(H,20,22). The van der Waals surface area contributed by atoms with Crippen LogP contribution in [0, 0.1) is 0 Å². The van der Waals surface area contributed by atoms with E-state index in [1.807, 2.05) is 12.1 Å². The number of hydrogen-bond acceptors (Lipinski definition) is 3. The van der Waals surface area contributed by atoms with Crippen molar-refractivity contribution in [3.63, 3.8) is 0 Å². The number of para-hydroxylation sites is 2. The van der Waals surface area contributed by atoms with Crippen LogP contribution in [0.2, 0.25) is 0 Å². The largest absolute Gasteiger partial charge is 0.323 e. The first-order chi connectivity index (χ1) is 11.6. The molecule has 2 aromatic rings. The van der Waals surface area contributed by atoms with Gasteiger partial charge in [-0.15, -0.1) is 0 Å². The van der Waals surface area contributed by atoms with Crippen molar-refractivity contribution < 1.29 is 14.4 Å². The molecule has 2 aliphatic rings. The molecule has 0 unspecified atom stereocenters. The Morgan fingerprint density at radius 2 is 1.79 bits per heavy atom. The molecule has 4 rings (SSSR count). The van der Waals surface area contributed by atoms with Crippen molar-refractivity contribution in [3.05, 3.63) is 59.2 Å². The fourth-order valence-corrected chi connectivity index (χ4v) is 3.37. The quantitative estimate of drug-likeness (QED) is 0.682. The molecule has 1 heterocycles. The van der Waals surface area contributed by atoms with Gasteiger partial charge in [0.1, 0.15) is 6.54 Å². The average Bonchev–Trinajstić information content (AvgIpc) is 3.07. The zero-order valence-corrected chi connectivity index (χ0v) is 13.0. The van der Waals surface area contributed by atoms with Gasteiger partial charge < -0.3 is 5.32 Å². The molecule has 0 atom stereocenters. The summed E-state index contributed by atoms with van der Waals surface area (Å²) < 4.78 is 0. The van der Waals surface area contributed by atoms with E-state index in [9.17, 15) is 14.4 Å². The summed E-state index contributed by atoms with van der Waals surface area (Å²) in [5, 5.41) is 2.71. The molecule has 0 saturated carbocycles. The van der Waals surface area contributed by atoms with Crippen molar-refractivity contribution in [2.45, 2.75) is 19.3 Å². The summed E-state index contributed by atoms with van der Waals surface area (Å²) in [4.78, 5) is 38.4. The van der Waals surface area contributed by atoms with E-state index in [-0.39, 0.29) is 12.5 Å². The lowest BCUT2D eigenvalue weighted by atomic mass is 10.0. The zero-order valence-electron chi connectivity index (χ0n) is 13.0. The third kappa shape index (κ3) is 2.38. The second-order valence-corrected chi connectivity index (χ2v) is 6.12. The van der Waals surface area contributed by atoms with Gasteiger partial charge in [-0.1, -0.05) is 24.3 Å². The third-order valence-electron chi connectivity index (χ3n) is 4.57. The average molecular weight is 320 g/mol.